The summed E-state index contributed by atoms with van der Waals surface area (Å²) in [5.41, 5.74) is 0.796. The first-order chi connectivity index (χ1) is 6.77. The number of hydrogen-bond acceptors (Lipinski definition) is 2. The molecule has 3 heteroatoms. The van der Waals surface area contributed by atoms with E-state index in [1.54, 1.807) is 12.1 Å². The van der Waals surface area contributed by atoms with Crippen molar-refractivity contribution in [3.8, 4) is 23.3 Å². The molecule has 0 aliphatic carbocycles. The quantitative estimate of drug-likeness (QED) is 0.650. The number of phenols is 1. The van der Waals surface area contributed by atoms with Crippen LogP contribution < -0.4 is 4.74 Å². The molecule has 0 atom stereocenters. The first-order valence-electron chi connectivity index (χ1n) is 4.19. The van der Waals surface area contributed by atoms with E-state index in [4.69, 9.17) is 4.74 Å². The van der Waals surface area contributed by atoms with E-state index >= 15 is 0 Å². The maximum atomic E-state index is 9.45. The van der Waals surface area contributed by atoms with Gasteiger partial charge < -0.3 is 9.84 Å². The molecule has 1 N–H and O–H groups in total. The predicted molar refractivity (Wildman–Crippen MR) is 59.9 cm³/mol. The highest BCUT2D eigenvalue weighted by molar-refractivity contribution is 9.09. The highest BCUT2D eigenvalue weighted by atomic mass is 79.9. The molecule has 74 valence electrons. The fourth-order valence-corrected chi connectivity index (χ4v) is 1.18. The van der Waals surface area contributed by atoms with E-state index in [2.05, 4.69) is 27.8 Å². The van der Waals surface area contributed by atoms with Crippen molar-refractivity contribution in [3.05, 3.63) is 23.8 Å². The van der Waals surface area contributed by atoms with Crippen LogP contribution in [0.1, 0.15) is 12.0 Å². The Balaban J connectivity index is 2.82. The molecule has 2 nitrogen and oxygen atoms in total. The normalized spacial score (nSPS) is 9.00. The summed E-state index contributed by atoms with van der Waals surface area (Å²) in [6.07, 6.45) is 0.798. The van der Waals surface area contributed by atoms with E-state index in [1.165, 1.54) is 7.11 Å². The molecule has 1 aromatic carbocycles. The summed E-state index contributed by atoms with van der Waals surface area (Å²) in [5.74, 6) is 6.50. The number of aromatic hydroxyl groups is 1. The third kappa shape index (κ3) is 2.97. The van der Waals surface area contributed by atoms with Gasteiger partial charge in [0.1, 0.15) is 0 Å². The van der Waals surface area contributed by atoms with Gasteiger partial charge in [0.05, 0.1) is 7.11 Å². The molecule has 0 unspecified atom stereocenters. The molecule has 0 heterocycles. The van der Waals surface area contributed by atoms with Crippen LogP contribution in [-0.2, 0) is 0 Å². The maximum absolute atomic E-state index is 9.45. The fourth-order valence-electron chi connectivity index (χ4n) is 0.980. The van der Waals surface area contributed by atoms with Crippen molar-refractivity contribution in [2.75, 3.05) is 12.4 Å². The Labute approximate surface area is 92.0 Å². The number of phenolic OH excluding ortho intramolecular Hbond substituents is 1. The predicted octanol–water partition coefficient (Wildman–Crippen LogP) is 2.54. The summed E-state index contributed by atoms with van der Waals surface area (Å²) < 4.78 is 4.92. The Morgan fingerprint density at radius 2 is 2.29 bits per heavy atom. The van der Waals surface area contributed by atoms with Crippen molar-refractivity contribution >= 4 is 15.9 Å². The molecule has 0 radical (unpaired) electrons. The first kappa shape index (κ1) is 10.9. The van der Waals surface area contributed by atoms with E-state index < -0.39 is 0 Å². The van der Waals surface area contributed by atoms with Gasteiger partial charge in [-0.25, -0.2) is 0 Å². The van der Waals surface area contributed by atoms with Crippen LogP contribution in [0.15, 0.2) is 18.2 Å². The van der Waals surface area contributed by atoms with E-state index in [9.17, 15) is 5.11 Å². The zero-order chi connectivity index (χ0) is 10.4. The van der Waals surface area contributed by atoms with Gasteiger partial charge in [-0.15, -0.1) is 0 Å². The lowest BCUT2D eigenvalue weighted by Crippen LogP contribution is -1.84. The van der Waals surface area contributed by atoms with Crippen LogP contribution in [0.25, 0.3) is 0 Å². The van der Waals surface area contributed by atoms with Gasteiger partial charge in [-0.1, -0.05) is 27.8 Å². The van der Waals surface area contributed by atoms with Gasteiger partial charge in [-0.05, 0) is 18.2 Å². The number of hydrogen-bond donors (Lipinski definition) is 1. The van der Waals surface area contributed by atoms with Gasteiger partial charge >= 0.3 is 0 Å². The monoisotopic (exact) mass is 254 g/mol. The number of halogens is 1. The number of benzene rings is 1. The molecule has 14 heavy (non-hydrogen) atoms. The van der Waals surface area contributed by atoms with E-state index in [0.717, 1.165) is 17.3 Å². The summed E-state index contributed by atoms with van der Waals surface area (Å²) in [6, 6.07) is 5.12. The largest absolute Gasteiger partial charge is 0.504 e. The van der Waals surface area contributed by atoms with Crippen LogP contribution >= 0.6 is 15.9 Å². The van der Waals surface area contributed by atoms with Gasteiger partial charge in [0.2, 0.25) is 0 Å². The third-order valence-corrected chi connectivity index (χ3v) is 2.03. The minimum absolute atomic E-state index is 0.123. The first-order valence-corrected chi connectivity index (χ1v) is 5.32. The van der Waals surface area contributed by atoms with Gasteiger partial charge in [0, 0.05) is 17.3 Å². The standard InChI is InChI=1S/C11H11BrO2/c1-14-11-6-5-9(8-10(11)13)4-2-3-7-12/h5-6,8,13H,3,7H2,1H3. The van der Waals surface area contributed by atoms with Gasteiger partial charge in [-0.3, -0.25) is 0 Å². The summed E-state index contributed by atoms with van der Waals surface area (Å²) in [6.45, 7) is 0. The maximum Gasteiger partial charge on any atom is 0.160 e. The SMILES string of the molecule is COc1ccc(C#CCCBr)cc1O. The van der Waals surface area contributed by atoms with Crippen molar-refractivity contribution in [1.82, 2.24) is 0 Å². The van der Waals surface area contributed by atoms with E-state index in [0.29, 0.717) is 5.75 Å². The van der Waals surface area contributed by atoms with Crippen LogP contribution in [0, 0.1) is 11.8 Å². The third-order valence-electron chi connectivity index (χ3n) is 1.63. The molecule has 0 aliphatic heterocycles. The lowest BCUT2D eigenvalue weighted by atomic mass is 10.2. The van der Waals surface area contributed by atoms with Gasteiger partial charge in [0.25, 0.3) is 0 Å². The van der Waals surface area contributed by atoms with Crippen LogP contribution in [0.3, 0.4) is 0 Å². The Bertz CT molecular complexity index is 363. The number of methoxy groups -OCH3 is 1. The highest BCUT2D eigenvalue weighted by Gasteiger charge is 1.99. The van der Waals surface area contributed by atoms with E-state index in [1.807, 2.05) is 6.07 Å². The average molecular weight is 255 g/mol. The molecule has 1 rings (SSSR count). The second-order valence-corrected chi connectivity index (χ2v) is 3.42. The molecule has 0 saturated heterocycles. The lowest BCUT2D eigenvalue weighted by molar-refractivity contribution is 0.373. The molecule has 0 amide bonds. The molecule has 0 spiro atoms. The Morgan fingerprint density at radius 1 is 1.50 bits per heavy atom. The highest BCUT2D eigenvalue weighted by Crippen LogP contribution is 2.25. The summed E-state index contributed by atoms with van der Waals surface area (Å²) >= 11 is 3.29. The van der Waals surface area contributed by atoms with Crippen LogP contribution in [0.4, 0.5) is 0 Å². The summed E-state index contributed by atoms with van der Waals surface area (Å²) in [7, 11) is 1.52. The molecule has 1 aromatic rings. The summed E-state index contributed by atoms with van der Waals surface area (Å²) in [4.78, 5) is 0. The minimum Gasteiger partial charge on any atom is -0.504 e. The van der Waals surface area contributed by atoms with Crippen molar-refractivity contribution in [2.45, 2.75) is 6.42 Å². The Morgan fingerprint density at radius 3 is 2.86 bits per heavy atom. The second kappa shape index (κ2) is 5.56. The summed E-state index contributed by atoms with van der Waals surface area (Å²) in [5, 5.41) is 10.3. The van der Waals surface area contributed by atoms with E-state index in [-0.39, 0.29) is 5.75 Å². The molecular formula is C11H11BrO2. The molecule has 0 bridgehead atoms. The zero-order valence-corrected chi connectivity index (χ0v) is 9.47. The smallest absolute Gasteiger partial charge is 0.160 e. The van der Waals surface area contributed by atoms with Crippen LogP contribution in [0.5, 0.6) is 11.5 Å². The van der Waals surface area contributed by atoms with Gasteiger partial charge in [0.15, 0.2) is 11.5 Å². The Hall–Kier alpha value is -1.14. The molecule has 0 fully saturated rings. The van der Waals surface area contributed by atoms with Crippen LogP contribution in [-0.4, -0.2) is 17.5 Å². The van der Waals surface area contributed by atoms with Crippen molar-refractivity contribution < 1.29 is 9.84 Å². The number of ether oxygens (including phenoxy) is 1. The van der Waals surface area contributed by atoms with Crippen molar-refractivity contribution in [3.63, 3.8) is 0 Å². The lowest BCUT2D eigenvalue weighted by Gasteiger charge is -2.01. The molecule has 0 aromatic heterocycles. The molecule has 0 saturated carbocycles. The fraction of sp³-hybridized carbons (Fsp3) is 0.273. The zero-order valence-electron chi connectivity index (χ0n) is 7.88. The van der Waals surface area contributed by atoms with Crippen molar-refractivity contribution in [1.29, 1.82) is 0 Å². The van der Waals surface area contributed by atoms with Crippen LogP contribution in [0.2, 0.25) is 0 Å². The molecule has 0 aliphatic rings. The van der Waals surface area contributed by atoms with Gasteiger partial charge in [-0.2, -0.15) is 0 Å². The Kier molecular flexibility index (Phi) is 4.34. The average Bonchev–Trinajstić information content (AvgIpc) is 2.18. The minimum atomic E-state index is 0.123. The second-order valence-electron chi connectivity index (χ2n) is 2.63. The molecular weight excluding hydrogens is 244 g/mol. The number of alkyl halides is 1. The number of rotatable bonds is 2. The van der Waals surface area contributed by atoms with Crippen molar-refractivity contribution in [2.24, 2.45) is 0 Å². The topological polar surface area (TPSA) is 29.5 Å².